The number of ether oxygens (including phenoxy) is 1. The highest BCUT2D eigenvalue weighted by Gasteiger charge is 2.17. The van der Waals surface area contributed by atoms with Crippen molar-refractivity contribution in [3.63, 3.8) is 0 Å². The maximum absolute atomic E-state index is 11.2. The molecule has 0 saturated heterocycles. The van der Waals surface area contributed by atoms with Crippen molar-refractivity contribution in [2.45, 2.75) is 12.5 Å². The summed E-state index contributed by atoms with van der Waals surface area (Å²) in [5.41, 5.74) is 0. The Morgan fingerprint density at radius 1 is 1.77 bits per heavy atom. The number of hydrogen-bond acceptors (Lipinski definition) is 4. The number of esters is 1. The van der Waals surface area contributed by atoms with E-state index in [-0.39, 0.29) is 12.0 Å². The fourth-order valence-electron chi connectivity index (χ4n) is 1.08. The smallest absolute Gasteiger partial charge is 0.323 e. The second-order valence-electron chi connectivity index (χ2n) is 2.65. The van der Waals surface area contributed by atoms with Gasteiger partial charge in [-0.05, 0) is 18.5 Å². The standard InChI is InChI=1S/C9H13NO2S/c1-10-8(9(11)12-2)6-7-4-3-5-13-7/h3-5,8,10H,6H2,1-2H3. The number of thiophene rings is 1. The van der Waals surface area contributed by atoms with Crippen molar-refractivity contribution in [3.8, 4) is 0 Å². The molecule has 0 bridgehead atoms. The third-order valence-corrected chi connectivity index (χ3v) is 2.72. The fourth-order valence-corrected chi connectivity index (χ4v) is 1.83. The first kappa shape index (κ1) is 10.2. The Labute approximate surface area is 81.7 Å². The van der Waals surface area contributed by atoms with Crippen LogP contribution in [0.5, 0.6) is 0 Å². The van der Waals surface area contributed by atoms with Gasteiger partial charge in [0.1, 0.15) is 6.04 Å². The molecule has 4 heteroatoms. The monoisotopic (exact) mass is 199 g/mol. The van der Waals surface area contributed by atoms with E-state index >= 15 is 0 Å². The first-order chi connectivity index (χ1) is 6.27. The quantitative estimate of drug-likeness (QED) is 0.737. The van der Waals surface area contributed by atoms with Crippen LogP contribution in [0.2, 0.25) is 0 Å². The van der Waals surface area contributed by atoms with Crippen molar-refractivity contribution >= 4 is 17.3 Å². The van der Waals surface area contributed by atoms with Crippen molar-refractivity contribution in [1.82, 2.24) is 5.32 Å². The number of likely N-dealkylation sites (N-methyl/N-ethyl adjacent to an activating group) is 1. The zero-order chi connectivity index (χ0) is 9.68. The molecular formula is C9H13NO2S. The topological polar surface area (TPSA) is 38.3 Å². The fraction of sp³-hybridized carbons (Fsp3) is 0.444. The van der Waals surface area contributed by atoms with Gasteiger partial charge in [-0.2, -0.15) is 0 Å². The van der Waals surface area contributed by atoms with Crippen LogP contribution in [0.1, 0.15) is 4.88 Å². The molecule has 0 amide bonds. The summed E-state index contributed by atoms with van der Waals surface area (Å²) in [6.07, 6.45) is 0.695. The van der Waals surface area contributed by atoms with Crippen molar-refractivity contribution < 1.29 is 9.53 Å². The molecule has 1 rings (SSSR count). The van der Waals surface area contributed by atoms with Gasteiger partial charge >= 0.3 is 5.97 Å². The highest BCUT2D eigenvalue weighted by molar-refractivity contribution is 7.09. The molecule has 1 aromatic heterocycles. The van der Waals surface area contributed by atoms with E-state index in [0.29, 0.717) is 6.42 Å². The van der Waals surface area contributed by atoms with Crippen molar-refractivity contribution in [2.24, 2.45) is 0 Å². The van der Waals surface area contributed by atoms with Gasteiger partial charge in [0.2, 0.25) is 0 Å². The highest BCUT2D eigenvalue weighted by atomic mass is 32.1. The van der Waals surface area contributed by atoms with Gasteiger partial charge in [0, 0.05) is 11.3 Å². The Hall–Kier alpha value is -0.870. The number of carbonyl (C=O) groups is 1. The minimum Gasteiger partial charge on any atom is -0.468 e. The van der Waals surface area contributed by atoms with Gasteiger partial charge in [-0.1, -0.05) is 6.07 Å². The maximum atomic E-state index is 11.2. The molecule has 1 N–H and O–H groups in total. The Morgan fingerprint density at radius 3 is 3.00 bits per heavy atom. The van der Waals surface area contributed by atoms with Crippen molar-refractivity contribution in [1.29, 1.82) is 0 Å². The van der Waals surface area contributed by atoms with Crippen LogP contribution < -0.4 is 5.32 Å². The summed E-state index contributed by atoms with van der Waals surface area (Å²) >= 11 is 1.65. The summed E-state index contributed by atoms with van der Waals surface area (Å²) in [7, 11) is 3.16. The first-order valence-electron chi connectivity index (χ1n) is 4.05. The van der Waals surface area contributed by atoms with E-state index in [4.69, 9.17) is 0 Å². The molecule has 72 valence electrons. The molecule has 0 aliphatic heterocycles. The van der Waals surface area contributed by atoms with Crippen LogP contribution >= 0.6 is 11.3 Å². The summed E-state index contributed by atoms with van der Waals surface area (Å²) in [5, 5.41) is 4.92. The second kappa shape index (κ2) is 4.99. The van der Waals surface area contributed by atoms with Crippen molar-refractivity contribution in [2.75, 3.05) is 14.2 Å². The van der Waals surface area contributed by atoms with Crippen LogP contribution in [0.4, 0.5) is 0 Å². The van der Waals surface area contributed by atoms with Crippen LogP contribution in [-0.2, 0) is 16.0 Å². The zero-order valence-corrected chi connectivity index (χ0v) is 8.56. The lowest BCUT2D eigenvalue weighted by Gasteiger charge is -2.11. The molecule has 1 unspecified atom stereocenters. The van der Waals surface area contributed by atoms with Crippen LogP contribution in [0.3, 0.4) is 0 Å². The molecule has 0 aliphatic rings. The molecule has 1 heterocycles. The average Bonchev–Trinajstić information content (AvgIpc) is 2.65. The number of carbonyl (C=O) groups excluding carboxylic acids is 1. The Bertz CT molecular complexity index is 259. The van der Waals surface area contributed by atoms with Gasteiger partial charge in [0.25, 0.3) is 0 Å². The van der Waals surface area contributed by atoms with E-state index in [1.807, 2.05) is 17.5 Å². The largest absolute Gasteiger partial charge is 0.468 e. The summed E-state index contributed by atoms with van der Waals surface area (Å²) in [6, 6.07) is 3.76. The molecule has 13 heavy (non-hydrogen) atoms. The van der Waals surface area contributed by atoms with E-state index < -0.39 is 0 Å². The van der Waals surface area contributed by atoms with E-state index in [1.165, 1.54) is 12.0 Å². The van der Waals surface area contributed by atoms with Gasteiger partial charge in [-0.25, -0.2) is 0 Å². The molecule has 0 radical (unpaired) electrons. The predicted molar refractivity (Wildman–Crippen MR) is 52.9 cm³/mol. The molecule has 0 aromatic carbocycles. The highest BCUT2D eigenvalue weighted by Crippen LogP contribution is 2.11. The van der Waals surface area contributed by atoms with Gasteiger partial charge in [0.15, 0.2) is 0 Å². The second-order valence-corrected chi connectivity index (χ2v) is 3.68. The van der Waals surface area contributed by atoms with Crippen LogP contribution in [0.25, 0.3) is 0 Å². The molecule has 1 atom stereocenters. The lowest BCUT2D eigenvalue weighted by atomic mass is 10.2. The summed E-state index contributed by atoms with van der Waals surface area (Å²) in [6.45, 7) is 0. The van der Waals surface area contributed by atoms with E-state index in [9.17, 15) is 4.79 Å². The van der Waals surface area contributed by atoms with Gasteiger partial charge in [-0.3, -0.25) is 4.79 Å². The Morgan fingerprint density at radius 2 is 2.54 bits per heavy atom. The molecule has 0 saturated carbocycles. The molecule has 3 nitrogen and oxygen atoms in total. The van der Waals surface area contributed by atoms with Crippen LogP contribution in [0.15, 0.2) is 17.5 Å². The summed E-state index contributed by atoms with van der Waals surface area (Å²) in [4.78, 5) is 12.4. The molecule has 0 aliphatic carbocycles. The molecule has 0 spiro atoms. The minimum atomic E-state index is -0.233. The number of nitrogens with one attached hydrogen (secondary N) is 1. The third-order valence-electron chi connectivity index (χ3n) is 1.82. The SMILES string of the molecule is CNC(Cc1cccs1)C(=O)OC. The van der Waals surface area contributed by atoms with Crippen LogP contribution in [-0.4, -0.2) is 26.2 Å². The zero-order valence-electron chi connectivity index (χ0n) is 7.74. The van der Waals surface area contributed by atoms with Crippen LogP contribution in [0, 0.1) is 0 Å². The van der Waals surface area contributed by atoms with E-state index in [2.05, 4.69) is 10.1 Å². The molecular weight excluding hydrogens is 186 g/mol. The minimum absolute atomic E-state index is 0.212. The van der Waals surface area contributed by atoms with Gasteiger partial charge in [0.05, 0.1) is 7.11 Å². The number of methoxy groups -OCH3 is 1. The van der Waals surface area contributed by atoms with E-state index in [1.54, 1.807) is 18.4 Å². The lowest BCUT2D eigenvalue weighted by molar-refractivity contribution is -0.142. The van der Waals surface area contributed by atoms with Gasteiger partial charge < -0.3 is 10.1 Å². The average molecular weight is 199 g/mol. The lowest BCUT2D eigenvalue weighted by Crippen LogP contribution is -2.36. The Kier molecular flexibility index (Phi) is 3.92. The molecule has 1 aromatic rings. The summed E-state index contributed by atoms with van der Waals surface area (Å²) in [5.74, 6) is -0.212. The van der Waals surface area contributed by atoms with E-state index in [0.717, 1.165) is 0 Å². The van der Waals surface area contributed by atoms with Gasteiger partial charge in [-0.15, -0.1) is 11.3 Å². The predicted octanol–water partition coefficient (Wildman–Crippen LogP) is 1.05. The van der Waals surface area contributed by atoms with Crippen molar-refractivity contribution in [3.05, 3.63) is 22.4 Å². The summed E-state index contributed by atoms with van der Waals surface area (Å²) < 4.78 is 4.66. The normalized spacial score (nSPS) is 12.5. The Balaban J connectivity index is 2.54. The number of rotatable bonds is 4. The third kappa shape index (κ3) is 2.82. The number of hydrogen-bond donors (Lipinski definition) is 1. The maximum Gasteiger partial charge on any atom is 0.323 e. The molecule has 0 fully saturated rings. The first-order valence-corrected chi connectivity index (χ1v) is 4.93.